The number of thiophene rings is 1. The Morgan fingerprint density at radius 3 is 2.81 bits per heavy atom. The van der Waals surface area contributed by atoms with Crippen LogP contribution in [-0.4, -0.2) is 5.91 Å². The second-order valence-electron chi connectivity index (χ2n) is 5.43. The molecule has 106 valence electrons. The van der Waals surface area contributed by atoms with Gasteiger partial charge in [-0.05, 0) is 61.9 Å². The molecule has 1 aliphatic rings. The van der Waals surface area contributed by atoms with Gasteiger partial charge in [0.2, 0.25) is 0 Å². The largest absolute Gasteiger partial charge is 0.312 e. The predicted octanol–water partition coefficient (Wildman–Crippen LogP) is 3.98. The summed E-state index contributed by atoms with van der Waals surface area (Å²) in [5, 5.41) is 13.0. The third kappa shape index (κ3) is 2.45. The van der Waals surface area contributed by atoms with Crippen LogP contribution in [0.25, 0.3) is 0 Å². The van der Waals surface area contributed by atoms with Gasteiger partial charge in [-0.1, -0.05) is 6.07 Å². The molecule has 4 heteroatoms. The lowest BCUT2D eigenvalue weighted by molar-refractivity contribution is 0.102. The van der Waals surface area contributed by atoms with E-state index in [9.17, 15) is 10.1 Å². The number of nitrogens with one attached hydrogen (secondary N) is 1. The summed E-state index contributed by atoms with van der Waals surface area (Å²) < 4.78 is 0. The third-order valence-electron chi connectivity index (χ3n) is 4.03. The molecule has 3 nitrogen and oxygen atoms in total. The zero-order valence-electron chi connectivity index (χ0n) is 12.1. The molecule has 0 aliphatic heterocycles. The Balaban J connectivity index is 1.88. The van der Waals surface area contributed by atoms with E-state index in [2.05, 4.69) is 11.4 Å². The van der Waals surface area contributed by atoms with Crippen LogP contribution in [-0.2, 0) is 12.8 Å². The number of fused-ring (bicyclic) bond motifs is 1. The van der Waals surface area contributed by atoms with Crippen molar-refractivity contribution in [3.63, 3.8) is 0 Å². The summed E-state index contributed by atoms with van der Waals surface area (Å²) >= 11 is 1.55. The molecule has 0 saturated carbocycles. The minimum atomic E-state index is -0.144. The molecule has 0 unspecified atom stereocenters. The maximum Gasteiger partial charge on any atom is 0.256 e. The number of hydrogen-bond acceptors (Lipinski definition) is 3. The Labute approximate surface area is 128 Å². The average molecular weight is 296 g/mol. The van der Waals surface area contributed by atoms with Crippen molar-refractivity contribution < 1.29 is 4.79 Å². The lowest BCUT2D eigenvalue weighted by Gasteiger charge is -2.06. The number of rotatable bonds is 2. The molecule has 0 saturated heterocycles. The van der Waals surface area contributed by atoms with E-state index in [1.807, 2.05) is 32.0 Å². The molecular weight excluding hydrogens is 280 g/mol. The van der Waals surface area contributed by atoms with Gasteiger partial charge < -0.3 is 5.32 Å². The van der Waals surface area contributed by atoms with Crippen molar-refractivity contribution in [3.8, 4) is 6.07 Å². The van der Waals surface area contributed by atoms with Crippen LogP contribution in [0, 0.1) is 25.2 Å². The van der Waals surface area contributed by atoms with Crippen LogP contribution < -0.4 is 5.32 Å². The standard InChI is InChI=1S/C17H16N2OS/c1-10-6-7-12(8-11(10)2)16(20)19-17-14(9-18)13-4-3-5-15(13)21-17/h6-8H,3-5H2,1-2H3,(H,19,20). The molecule has 1 aliphatic carbocycles. The SMILES string of the molecule is Cc1ccc(C(=O)Nc2sc3c(c2C#N)CCC3)cc1C. The number of hydrogen-bond donors (Lipinski definition) is 1. The van der Waals surface area contributed by atoms with Crippen molar-refractivity contribution >= 4 is 22.2 Å². The molecule has 1 aromatic carbocycles. The Kier molecular flexibility index (Phi) is 3.52. The van der Waals surface area contributed by atoms with Gasteiger partial charge in [0.1, 0.15) is 11.1 Å². The highest BCUT2D eigenvalue weighted by Crippen LogP contribution is 2.38. The lowest BCUT2D eigenvalue weighted by Crippen LogP contribution is -2.12. The number of nitrogens with zero attached hydrogens (tertiary/aromatic N) is 1. The van der Waals surface area contributed by atoms with Gasteiger partial charge in [0.15, 0.2) is 0 Å². The fourth-order valence-electron chi connectivity index (χ4n) is 2.67. The molecule has 21 heavy (non-hydrogen) atoms. The van der Waals surface area contributed by atoms with Gasteiger partial charge in [-0.15, -0.1) is 11.3 Å². The molecule has 1 amide bonds. The number of carbonyl (C=O) groups excluding carboxylic acids is 1. The second kappa shape index (κ2) is 5.34. The Morgan fingerprint density at radius 2 is 2.10 bits per heavy atom. The second-order valence-corrected chi connectivity index (χ2v) is 6.53. The molecule has 2 aromatic rings. The quantitative estimate of drug-likeness (QED) is 0.911. The summed E-state index contributed by atoms with van der Waals surface area (Å²) in [6, 6.07) is 7.91. The van der Waals surface area contributed by atoms with Crippen molar-refractivity contribution in [2.24, 2.45) is 0 Å². The summed E-state index contributed by atoms with van der Waals surface area (Å²) in [6.45, 7) is 4.02. The summed E-state index contributed by atoms with van der Waals surface area (Å²) in [4.78, 5) is 13.6. The summed E-state index contributed by atoms with van der Waals surface area (Å²) in [5.41, 5.74) is 4.69. The van der Waals surface area contributed by atoms with Gasteiger partial charge in [0.25, 0.3) is 5.91 Å². The molecule has 0 spiro atoms. The Bertz CT molecular complexity index is 768. The van der Waals surface area contributed by atoms with E-state index in [0.29, 0.717) is 16.1 Å². The molecule has 1 aromatic heterocycles. The molecule has 0 radical (unpaired) electrons. The third-order valence-corrected chi connectivity index (χ3v) is 5.24. The number of nitriles is 1. The number of anilines is 1. The Morgan fingerprint density at radius 1 is 1.29 bits per heavy atom. The number of carbonyl (C=O) groups is 1. The van der Waals surface area contributed by atoms with E-state index < -0.39 is 0 Å². The fourth-order valence-corrected chi connectivity index (χ4v) is 3.90. The fraction of sp³-hybridized carbons (Fsp3) is 0.294. The van der Waals surface area contributed by atoms with E-state index >= 15 is 0 Å². The van der Waals surface area contributed by atoms with E-state index in [-0.39, 0.29) is 5.91 Å². The predicted molar refractivity (Wildman–Crippen MR) is 84.9 cm³/mol. The van der Waals surface area contributed by atoms with Gasteiger partial charge >= 0.3 is 0 Å². The van der Waals surface area contributed by atoms with Gasteiger partial charge in [-0.25, -0.2) is 0 Å². The monoisotopic (exact) mass is 296 g/mol. The van der Waals surface area contributed by atoms with Crippen LogP contribution in [0.15, 0.2) is 18.2 Å². The average Bonchev–Trinajstić information content (AvgIpc) is 3.02. The summed E-state index contributed by atoms with van der Waals surface area (Å²) in [7, 11) is 0. The molecule has 0 bridgehead atoms. The molecule has 0 atom stereocenters. The number of aryl methyl sites for hydroxylation is 3. The van der Waals surface area contributed by atoms with Gasteiger partial charge in [-0.2, -0.15) is 5.26 Å². The topological polar surface area (TPSA) is 52.9 Å². The van der Waals surface area contributed by atoms with Crippen LogP contribution in [0.5, 0.6) is 0 Å². The first-order valence-corrected chi connectivity index (χ1v) is 7.85. The van der Waals surface area contributed by atoms with Crippen LogP contribution in [0.4, 0.5) is 5.00 Å². The first kappa shape index (κ1) is 13.8. The maximum atomic E-state index is 12.4. The van der Waals surface area contributed by atoms with Crippen LogP contribution in [0.1, 0.15) is 43.9 Å². The van der Waals surface area contributed by atoms with Crippen molar-refractivity contribution in [1.29, 1.82) is 5.26 Å². The van der Waals surface area contributed by atoms with E-state index in [4.69, 9.17) is 0 Å². The smallest absolute Gasteiger partial charge is 0.256 e. The molecule has 3 rings (SSSR count). The normalized spacial score (nSPS) is 12.8. The van der Waals surface area contributed by atoms with Gasteiger partial charge in [-0.3, -0.25) is 4.79 Å². The van der Waals surface area contributed by atoms with Crippen molar-refractivity contribution in [2.75, 3.05) is 5.32 Å². The van der Waals surface area contributed by atoms with Crippen molar-refractivity contribution in [3.05, 3.63) is 50.9 Å². The highest BCUT2D eigenvalue weighted by Gasteiger charge is 2.23. The van der Waals surface area contributed by atoms with Crippen molar-refractivity contribution in [1.82, 2.24) is 0 Å². The molecule has 1 heterocycles. The molecular formula is C17H16N2OS. The molecule has 1 N–H and O–H groups in total. The van der Waals surface area contributed by atoms with Crippen LogP contribution in [0.3, 0.4) is 0 Å². The van der Waals surface area contributed by atoms with Crippen LogP contribution in [0.2, 0.25) is 0 Å². The zero-order valence-corrected chi connectivity index (χ0v) is 12.9. The minimum absolute atomic E-state index is 0.144. The highest BCUT2D eigenvalue weighted by molar-refractivity contribution is 7.16. The van der Waals surface area contributed by atoms with Gasteiger partial charge in [0.05, 0.1) is 5.56 Å². The van der Waals surface area contributed by atoms with Crippen LogP contribution >= 0.6 is 11.3 Å². The lowest BCUT2D eigenvalue weighted by atomic mass is 10.1. The highest BCUT2D eigenvalue weighted by atomic mass is 32.1. The Hall–Kier alpha value is -2.12. The van der Waals surface area contributed by atoms with E-state index in [0.717, 1.165) is 30.4 Å². The van der Waals surface area contributed by atoms with E-state index in [1.54, 1.807) is 11.3 Å². The zero-order chi connectivity index (χ0) is 15.0. The number of benzene rings is 1. The van der Waals surface area contributed by atoms with Gasteiger partial charge in [0, 0.05) is 10.4 Å². The maximum absolute atomic E-state index is 12.4. The number of amides is 1. The summed E-state index contributed by atoms with van der Waals surface area (Å²) in [5.74, 6) is -0.144. The van der Waals surface area contributed by atoms with E-state index in [1.165, 1.54) is 10.4 Å². The molecule has 0 fully saturated rings. The summed E-state index contributed by atoms with van der Waals surface area (Å²) in [6.07, 6.45) is 3.09. The minimum Gasteiger partial charge on any atom is -0.312 e. The van der Waals surface area contributed by atoms with Crippen molar-refractivity contribution in [2.45, 2.75) is 33.1 Å². The first-order valence-electron chi connectivity index (χ1n) is 7.03. The first-order chi connectivity index (χ1) is 10.1.